The highest BCUT2D eigenvalue weighted by Gasteiger charge is 2.19. The van der Waals surface area contributed by atoms with Gasteiger partial charge >= 0.3 is 0 Å². The fourth-order valence-corrected chi connectivity index (χ4v) is 3.84. The second kappa shape index (κ2) is 8.17. The van der Waals surface area contributed by atoms with E-state index in [0.717, 1.165) is 23.9 Å². The molecule has 0 saturated carbocycles. The van der Waals surface area contributed by atoms with Gasteiger partial charge in [0.05, 0.1) is 10.8 Å². The highest BCUT2D eigenvalue weighted by Crippen LogP contribution is 2.29. The Kier molecular flexibility index (Phi) is 6.47. The molecule has 0 fully saturated rings. The molecule has 5 nitrogen and oxygen atoms in total. The summed E-state index contributed by atoms with van der Waals surface area (Å²) < 4.78 is 37.3. The van der Waals surface area contributed by atoms with Gasteiger partial charge in [0.25, 0.3) is 10.0 Å². The van der Waals surface area contributed by atoms with Crippen molar-refractivity contribution in [1.29, 1.82) is 0 Å². The van der Waals surface area contributed by atoms with Gasteiger partial charge in [-0.3, -0.25) is 10.2 Å². The van der Waals surface area contributed by atoms with Crippen LogP contribution in [0.1, 0.15) is 0 Å². The van der Waals surface area contributed by atoms with Crippen LogP contribution in [0.5, 0.6) is 0 Å². The molecule has 2 aromatic rings. The van der Waals surface area contributed by atoms with Crippen molar-refractivity contribution < 1.29 is 17.6 Å². The molecule has 0 bridgehead atoms. The molecule has 2 N–H and O–H groups in total. The topological polar surface area (TPSA) is 75.3 Å². The smallest absolute Gasteiger partial charge is 0.260 e. The molecule has 0 unspecified atom stereocenters. The Morgan fingerprint density at radius 2 is 1.88 bits per heavy atom. The molecule has 0 atom stereocenters. The molecule has 10 heteroatoms. The number of hydrazine groups is 1. The lowest BCUT2D eigenvalue weighted by Crippen LogP contribution is -2.42. The quantitative estimate of drug-likeness (QED) is 0.568. The van der Waals surface area contributed by atoms with E-state index in [1.807, 2.05) is 10.3 Å². The fourth-order valence-electron chi connectivity index (χ4n) is 1.61. The van der Waals surface area contributed by atoms with Gasteiger partial charge in [0.2, 0.25) is 5.91 Å². The molecular formula is C14H11Cl2FN2O3S2. The Labute approximate surface area is 152 Å². The summed E-state index contributed by atoms with van der Waals surface area (Å²) in [5.41, 5.74) is 2.01. The first-order chi connectivity index (χ1) is 11.3. The molecule has 1 amide bonds. The van der Waals surface area contributed by atoms with Crippen molar-refractivity contribution in [2.45, 2.75) is 9.79 Å². The first kappa shape index (κ1) is 19.0. The number of rotatable bonds is 6. The average molecular weight is 409 g/mol. The highest BCUT2D eigenvalue weighted by molar-refractivity contribution is 8.00. The van der Waals surface area contributed by atoms with Crippen molar-refractivity contribution in [3.05, 3.63) is 58.3 Å². The lowest BCUT2D eigenvalue weighted by atomic mass is 10.4. The molecule has 0 spiro atoms. The van der Waals surface area contributed by atoms with Crippen molar-refractivity contribution in [1.82, 2.24) is 10.3 Å². The maximum Gasteiger partial charge on any atom is 0.260 e. The maximum absolute atomic E-state index is 13.5. The van der Waals surface area contributed by atoms with Crippen molar-refractivity contribution in [3.63, 3.8) is 0 Å². The molecular weight excluding hydrogens is 398 g/mol. The van der Waals surface area contributed by atoms with Crippen molar-refractivity contribution in [3.8, 4) is 0 Å². The molecule has 24 heavy (non-hydrogen) atoms. The summed E-state index contributed by atoms with van der Waals surface area (Å²) in [6, 6.07) is 9.61. The first-order valence-corrected chi connectivity index (χ1v) is 9.65. The molecule has 0 saturated heterocycles. The number of nitrogens with one attached hydrogen (secondary N) is 2. The summed E-state index contributed by atoms with van der Waals surface area (Å²) in [7, 11) is -4.20. The van der Waals surface area contributed by atoms with Crippen LogP contribution in [0.25, 0.3) is 0 Å². The Morgan fingerprint density at radius 3 is 2.58 bits per heavy atom. The van der Waals surface area contributed by atoms with Crippen LogP contribution in [0.2, 0.25) is 10.0 Å². The van der Waals surface area contributed by atoms with Crippen LogP contribution in [-0.2, 0) is 14.8 Å². The van der Waals surface area contributed by atoms with Gasteiger partial charge in [-0.25, -0.2) is 12.8 Å². The Bertz CT molecular complexity index is 863. The second-order valence-electron chi connectivity index (χ2n) is 4.45. The summed E-state index contributed by atoms with van der Waals surface area (Å²) in [6.45, 7) is 0. The molecule has 0 aromatic heterocycles. The van der Waals surface area contributed by atoms with Crippen LogP contribution < -0.4 is 10.3 Å². The van der Waals surface area contributed by atoms with Crippen molar-refractivity contribution in [2.24, 2.45) is 0 Å². The second-order valence-corrected chi connectivity index (χ2v) is 7.96. The minimum Gasteiger partial charge on any atom is -0.277 e. The maximum atomic E-state index is 13.5. The number of halogens is 3. The van der Waals surface area contributed by atoms with Gasteiger partial charge in [0.1, 0.15) is 10.7 Å². The molecule has 0 radical (unpaired) electrons. The standard InChI is InChI=1S/C14H11Cl2FN2O3S2/c15-9-5-6-10(16)12(7-9)23-8-14(20)18-19-24(21,22)13-4-2-1-3-11(13)17/h1-7,19H,8H2,(H,18,20). The third-order valence-electron chi connectivity index (χ3n) is 2.70. The average Bonchev–Trinajstić information content (AvgIpc) is 2.54. The predicted octanol–water partition coefficient (Wildman–Crippen LogP) is 3.23. The number of thioether (sulfide) groups is 1. The first-order valence-electron chi connectivity index (χ1n) is 6.42. The molecule has 128 valence electrons. The lowest BCUT2D eigenvalue weighted by Gasteiger charge is -2.09. The number of sulfonamides is 1. The van der Waals surface area contributed by atoms with Gasteiger partial charge in [0.15, 0.2) is 0 Å². The van der Waals surface area contributed by atoms with Crippen LogP contribution in [0.4, 0.5) is 4.39 Å². The van der Waals surface area contributed by atoms with Crippen molar-refractivity contribution in [2.75, 3.05) is 5.75 Å². The molecule has 0 aliphatic rings. The summed E-state index contributed by atoms with van der Waals surface area (Å²) in [6.07, 6.45) is 0. The molecule has 0 aliphatic heterocycles. The SMILES string of the molecule is O=C(CSc1cc(Cl)ccc1Cl)NNS(=O)(=O)c1ccccc1F. The van der Waals surface area contributed by atoms with Crippen molar-refractivity contribution >= 4 is 50.9 Å². The largest absolute Gasteiger partial charge is 0.277 e. The summed E-state index contributed by atoms with van der Waals surface area (Å²) in [5, 5.41) is 0.881. The van der Waals surface area contributed by atoms with Gasteiger partial charge in [-0.1, -0.05) is 35.3 Å². The zero-order valence-electron chi connectivity index (χ0n) is 11.9. The van der Waals surface area contributed by atoms with Crippen LogP contribution >= 0.6 is 35.0 Å². The minimum atomic E-state index is -4.20. The summed E-state index contributed by atoms with van der Waals surface area (Å²) in [4.78, 5) is 13.6. The van der Waals surface area contributed by atoms with Gasteiger partial charge in [0, 0.05) is 9.92 Å². The minimum absolute atomic E-state index is 0.111. The van der Waals surface area contributed by atoms with Crippen LogP contribution in [0.3, 0.4) is 0 Å². The molecule has 0 heterocycles. The third-order valence-corrected chi connectivity index (χ3v) is 5.72. The number of hydrogen-bond acceptors (Lipinski definition) is 4. The lowest BCUT2D eigenvalue weighted by molar-refractivity contribution is -0.119. The van der Waals surface area contributed by atoms with E-state index >= 15 is 0 Å². The molecule has 2 rings (SSSR count). The number of carbonyl (C=O) groups excluding carboxylic acids is 1. The zero-order chi connectivity index (χ0) is 17.7. The van der Waals surface area contributed by atoms with Gasteiger partial charge in [-0.2, -0.15) is 0 Å². The van der Waals surface area contributed by atoms with E-state index < -0.39 is 26.6 Å². The van der Waals surface area contributed by atoms with Gasteiger partial charge < -0.3 is 0 Å². The number of benzene rings is 2. The fraction of sp³-hybridized carbons (Fsp3) is 0.0714. The summed E-state index contributed by atoms with van der Waals surface area (Å²) >= 11 is 12.9. The van der Waals surface area contributed by atoms with Gasteiger partial charge in [-0.05, 0) is 30.3 Å². The predicted molar refractivity (Wildman–Crippen MR) is 92.1 cm³/mol. The highest BCUT2D eigenvalue weighted by atomic mass is 35.5. The number of carbonyl (C=O) groups is 1. The number of hydrogen-bond donors (Lipinski definition) is 2. The van der Waals surface area contributed by atoms with Gasteiger partial charge in [-0.15, -0.1) is 16.6 Å². The Balaban J connectivity index is 1.94. The van der Waals surface area contributed by atoms with E-state index in [1.165, 1.54) is 12.1 Å². The van der Waals surface area contributed by atoms with E-state index in [0.29, 0.717) is 14.9 Å². The normalized spacial score (nSPS) is 11.3. The molecule has 0 aliphatic carbocycles. The van der Waals surface area contributed by atoms with E-state index in [1.54, 1.807) is 18.2 Å². The van der Waals surface area contributed by atoms with Crippen LogP contribution in [0.15, 0.2) is 52.3 Å². The Morgan fingerprint density at radius 1 is 1.17 bits per heavy atom. The van der Waals surface area contributed by atoms with Crippen LogP contribution in [0, 0.1) is 5.82 Å². The zero-order valence-corrected chi connectivity index (χ0v) is 15.1. The van der Waals surface area contributed by atoms with E-state index in [4.69, 9.17) is 23.2 Å². The Hall–Kier alpha value is -1.32. The summed E-state index contributed by atoms with van der Waals surface area (Å²) in [5.74, 6) is -1.66. The number of amides is 1. The monoisotopic (exact) mass is 408 g/mol. The third kappa shape index (κ3) is 5.09. The van der Waals surface area contributed by atoms with E-state index in [-0.39, 0.29) is 5.75 Å². The van der Waals surface area contributed by atoms with Crippen LogP contribution in [-0.4, -0.2) is 20.1 Å². The van der Waals surface area contributed by atoms with E-state index in [2.05, 4.69) is 0 Å². The molecule has 2 aromatic carbocycles. The van der Waals surface area contributed by atoms with E-state index in [9.17, 15) is 17.6 Å².